The topological polar surface area (TPSA) is 51.1 Å². The van der Waals surface area contributed by atoms with Gasteiger partial charge in [-0.05, 0) is 31.2 Å². The van der Waals surface area contributed by atoms with E-state index in [-0.39, 0.29) is 6.10 Å². The van der Waals surface area contributed by atoms with E-state index < -0.39 is 0 Å². The fourth-order valence-electron chi connectivity index (χ4n) is 2.87. The second kappa shape index (κ2) is 7.07. The van der Waals surface area contributed by atoms with Gasteiger partial charge in [-0.1, -0.05) is 11.6 Å². The molecule has 0 aliphatic carbocycles. The Labute approximate surface area is 155 Å². The fourth-order valence-corrected chi connectivity index (χ4v) is 3.97. The van der Waals surface area contributed by atoms with E-state index in [9.17, 15) is 0 Å². The molecule has 0 radical (unpaired) electrons. The minimum Gasteiger partial charge on any atom is -0.369 e. The largest absolute Gasteiger partial charge is 0.369 e. The van der Waals surface area contributed by atoms with Gasteiger partial charge < -0.3 is 9.64 Å². The first-order chi connectivity index (χ1) is 12.2. The predicted octanol–water partition coefficient (Wildman–Crippen LogP) is 4.14. The minimum atomic E-state index is 0.0170. The van der Waals surface area contributed by atoms with Crippen LogP contribution in [0.25, 0.3) is 11.4 Å². The zero-order valence-corrected chi connectivity index (χ0v) is 15.3. The van der Waals surface area contributed by atoms with E-state index in [4.69, 9.17) is 21.3 Å². The quantitative estimate of drug-likeness (QED) is 0.691. The molecule has 4 heterocycles. The molecule has 0 spiro atoms. The van der Waals surface area contributed by atoms with E-state index in [1.807, 2.05) is 37.3 Å². The number of rotatable bonds is 3. The molecule has 7 heteroatoms. The van der Waals surface area contributed by atoms with E-state index in [1.165, 1.54) is 0 Å². The summed E-state index contributed by atoms with van der Waals surface area (Å²) in [5.41, 5.74) is 1.85. The van der Waals surface area contributed by atoms with E-state index in [0.717, 1.165) is 39.4 Å². The molecule has 1 atom stereocenters. The highest BCUT2D eigenvalue weighted by molar-refractivity contribution is 7.16. The summed E-state index contributed by atoms with van der Waals surface area (Å²) in [6.45, 7) is 4.20. The summed E-state index contributed by atoms with van der Waals surface area (Å²) < 4.78 is 6.72. The highest BCUT2D eigenvalue weighted by atomic mass is 35.5. The van der Waals surface area contributed by atoms with Gasteiger partial charge in [-0.15, -0.1) is 11.3 Å². The lowest BCUT2D eigenvalue weighted by atomic mass is 10.2. The molecule has 1 aliphatic heterocycles. The van der Waals surface area contributed by atoms with Crippen molar-refractivity contribution < 1.29 is 4.74 Å². The number of pyridine rings is 1. The summed E-state index contributed by atoms with van der Waals surface area (Å²) in [5, 5.41) is 0. The first-order valence-electron chi connectivity index (χ1n) is 8.07. The van der Waals surface area contributed by atoms with Crippen molar-refractivity contribution >= 4 is 28.8 Å². The van der Waals surface area contributed by atoms with Gasteiger partial charge in [0, 0.05) is 41.1 Å². The van der Waals surface area contributed by atoms with Crippen molar-refractivity contribution in [1.82, 2.24) is 15.0 Å². The van der Waals surface area contributed by atoms with Crippen LogP contribution in [0.4, 0.5) is 5.82 Å². The highest BCUT2D eigenvalue weighted by Gasteiger charge is 2.24. The number of hydrogen-bond donors (Lipinski definition) is 0. The Kier molecular flexibility index (Phi) is 4.65. The fraction of sp³-hybridized carbons (Fsp3) is 0.278. The summed E-state index contributed by atoms with van der Waals surface area (Å²) in [5.74, 6) is 1.62. The molecule has 1 aliphatic rings. The number of nitrogens with zero attached hydrogens (tertiary/aromatic N) is 4. The third kappa shape index (κ3) is 3.66. The zero-order chi connectivity index (χ0) is 17.2. The first kappa shape index (κ1) is 16.4. The van der Waals surface area contributed by atoms with Crippen molar-refractivity contribution in [3.63, 3.8) is 0 Å². The molecule has 0 saturated carbocycles. The number of aromatic nitrogens is 3. The van der Waals surface area contributed by atoms with Gasteiger partial charge in [-0.25, -0.2) is 9.97 Å². The van der Waals surface area contributed by atoms with Crippen LogP contribution in [-0.4, -0.2) is 34.6 Å². The van der Waals surface area contributed by atoms with Crippen LogP contribution in [0.2, 0.25) is 4.34 Å². The van der Waals surface area contributed by atoms with Gasteiger partial charge in [0.2, 0.25) is 0 Å². The van der Waals surface area contributed by atoms with Crippen molar-refractivity contribution in [3.8, 4) is 11.4 Å². The van der Waals surface area contributed by atoms with Crippen LogP contribution in [0.5, 0.6) is 0 Å². The molecule has 1 saturated heterocycles. The summed E-state index contributed by atoms with van der Waals surface area (Å²) in [7, 11) is 0. The van der Waals surface area contributed by atoms with Crippen molar-refractivity contribution in [1.29, 1.82) is 0 Å². The lowest BCUT2D eigenvalue weighted by Crippen LogP contribution is -2.38. The van der Waals surface area contributed by atoms with Gasteiger partial charge in [0.05, 0.1) is 17.5 Å². The monoisotopic (exact) mass is 372 g/mol. The van der Waals surface area contributed by atoms with Crippen LogP contribution in [-0.2, 0) is 4.74 Å². The normalized spacial score (nSPS) is 17.7. The molecule has 0 N–H and O–H groups in total. The average molecular weight is 373 g/mol. The standard InChI is InChI=1S/C18H17ClN4OS/c1-12-9-17(22-18(21-12)13-3-2-6-20-10-13)23-7-8-24-14(11-23)15-4-5-16(19)25-15/h2-6,9-10,14H,7-8,11H2,1H3/t14-/m0/s1. The summed E-state index contributed by atoms with van der Waals surface area (Å²) in [6, 6.07) is 9.84. The lowest BCUT2D eigenvalue weighted by molar-refractivity contribution is 0.0418. The third-order valence-electron chi connectivity index (χ3n) is 4.06. The molecule has 0 amide bonds. The molecule has 4 rings (SSSR count). The summed E-state index contributed by atoms with van der Waals surface area (Å²) in [4.78, 5) is 16.9. The lowest BCUT2D eigenvalue weighted by Gasteiger charge is -2.33. The molecule has 0 aromatic carbocycles. The van der Waals surface area contributed by atoms with Gasteiger partial charge in [0.15, 0.2) is 5.82 Å². The molecule has 0 unspecified atom stereocenters. The van der Waals surface area contributed by atoms with E-state index >= 15 is 0 Å². The number of aryl methyl sites for hydroxylation is 1. The van der Waals surface area contributed by atoms with Crippen molar-refractivity contribution in [2.75, 3.05) is 24.6 Å². The molecular formula is C18H17ClN4OS. The number of anilines is 1. The summed E-state index contributed by atoms with van der Waals surface area (Å²) >= 11 is 7.63. The predicted molar refractivity (Wildman–Crippen MR) is 100 cm³/mol. The van der Waals surface area contributed by atoms with Crippen molar-refractivity contribution in [3.05, 3.63) is 57.6 Å². The van der Waals surface area contributed by atoms with Gasteiger partial charge in [-0.3, -0.25) is 4.98 Å². The second-order valence-electron chi connectivity index (χ2n) is 5.88. The number of halogens is 1. The van der Waals surface area contributed by atoms with Crippen LogP contribution in [0.1, 0.15) is 16.7 Å². The average Bonchev–Trinajstić information content (AvgIpc) is 3.08. The maximum atomic E-state index is 6.07. The molecule has 5 nitrogen and oxygen atoms in total. The molecule has 25 heavy (non-hydrogen) atoms. The SMILES string of the molecule is Cc1cc(N2CCO[C@H](c3ccc(Cl)s3)C2)nc(-c2cccnc2)n1. The third-order valence-corrected chi connectivity index (χ3v) is 5.39. The maximum absolute atomic E-state index is 6.07. The van der Waals surface area contributed by atoms with Crippen LogP contribution in [0, 0.1) is 6.92 Å². The Morgan fingerprint density at radius 3 is 2.96 bits per heavy atom. The van der Waals surface area contributed by atoms with Gasteiger partial charge in [-0.2, -0.15) is 0 Å². The second-order valence-corrected chi connectivity index (χ2v) is 7.63. The highest BCUT2D eigenvalue weighted by Crippen LogP contribution is 2.32. The van der Waals surface area contributed by atoms with Crippen molar-refractivity contribution in [2.24, 2.45) is 0 Å². The smallest absolute Gasteiger partial charge is 0.163 e. The van der Waals surface area contributed by atoms with Gasteiger partial charge in [0.1, 0.15) is 11.9 Å². The van der Waals surface area contributed by atoms with E-state index in [1.54, 1.807) is 23.7 Å². The molecular weight excluding hydrogens is 356 g/mol. The number of thiophene rings is 1. The van der Waals surface area contributed by atoms with Crippen molar-refractivity contribution in [2.45, 2.75) is 13.0 Å². The minimum absolute atomic E-state index is 0.0170. The number of morpholine rings is 1. The molecule has 128 valence electrons. The Hall–Kier alpha value is -2.02. The molecule has 1 fully saturated rings. The van der Waals surface area contributed by atoms with Crippen LogP contribution in [0.3, 0.4) is 0 Å². The Bertz CT molecular complexity index is 871. The van der Waals surface area contributed by atoms with E-state index in [2.05, 4.69) is 14.9 Å². The van der Waals surface area contributed by atoms with Crippen LogP contribution < -0.4 is 4.90 Å². The van der Waals surface area contributed by atoms with Crippen LogP contribution in [0.15, 0.2) is 42.7 Å². The summed E-state index contributed by atoms with van der Waals surface area (Å²) in [6.07, 6.45) is 3.55. The van der Waals surface area contributed by atoms with E-state index in [0.29, 0.717) is 12.4 Å². The molecule has 3 aromatic rings. The first-order valence-corrected chi connectivity index (χ1v) is 9.26. The van der Waals surface area contributed by atoms with Gasteiger partial charge >= 0.3 is 0 Å². The molecule has 0 bridgehead atoms. The Morgan fingerprint density at radius 1 is 1.28 bits per heavy atom. The Balaban J connectivity index is 1.61. The number of ether oxygens (including phenoxy) is 1. The van der Waals surface area contributed by atoms with Gasteiger partial charge in [0.25, 0.3) is 0 Å². The molecule has 3 aromatic heterocycles. The van der Waals surface area contributed by atoms with Crippen LogP contribution >= 0.6 is 22.9 Å². The maximum Gasteiger partial charge on any atom is 0.163 e. The Morgan fingerprint density at radius 2 is 2.20 bits per heavy atom. The number of hydrogen-bond acceptors (Lipinski definition) is 6. The zero-order valence-electron chi connectivity index (χ0n) is 13.7.